The molecule has 0 bridgehead atoms. The second-order valence-electron chi connectivity index (χ2n) is 16.8. The van der Waals surface area contributed by atoms with Crippen LogP contribution in [0, 0.1) is 0 Å². The lowest BCUT2D eigenvalue weighted by Gasteiger charge is -2.35. The van der Waals surface area contributed by atoms with E-state index in [0.29, 0.717) is 0 Å². The predicted octanol–water partition coefficient (Wildman–Crippen LogP) is 15.9. The lowest BCUT2D eigenvalue weighted by atomic mass is 9.67. The van der Waals surface area contributed by atoms with Crippen molar-refractivity contribution in [3.05, 3.63) is 246 Å². The first-order valence-corrected chi connectivity index (χ1v) is 21.7. The Balaban J connectivity index is 1.09. The minimum atomic E-state index is -0.496. The Bertz CT molecular complexity index is 3230. The maximum absolute atomic E-state index is 2.48. The summed E-state index contributed by atoms with van der Waals surface area (Å²) in [6, 6.07) is 79.0. The molecule has 2 aliphatic rings. The highest BCUT2D eigenvalue weighted by Crippen LogP contribution is 2.58. The van der Waals surface area contributed by atoms with Gasteiger partial charge in [0.15, 0.2) is 0 Å². The van der Waals surface area contributed by atoms with Gasteiger partial charge in [-0.1, -0.05) is 184 Å². The van der Waals surface area contributed by atoms with E-state index >= 15 is 0 Å². The first kappa shape index (κ1) is 35.0. The SMILES string of the molecule is CC1(C)c2cc(N(c3ccc(-c4ccccc4)cc3)c3ccc4c(c3)C(c3ccccc3)(c3ccccc3)c3ccccc3-4)ccc2-c2c1ccc1c2sc2ccccc21. The zero-order valence-electron chi connectivity index (χ0n) is 33.6. The average molecular weight is 784 g/mol. The molecule has 1 nitrogen and oxygen atoms in total. The van der Waals surface area contributed by atoms with Gasteiger partial charge in [0.25, 0.3) is 0 Å². The summed E-state index contributed by atoms with van der Waals surface area (Å²) in [5.41, 5.74) is 18.4. The second-order valence-corrected chi connectivity index (χ2v) is 17.9. The van der Waals surface area contributed by atoms with Gasteiger partial charge in [0.05, 0.1) is 5.41 Å². The number of hydrogen-bond donors (Lipinski definition) is 0. The highest BCUT2D eigenvalue weighted by atomic mass is 32.1. The standard InChI is InChI=1S/C58H41NS/c1-57(2)51-35-34-48-47-23-13-15-25-54(47)60-56(48)55(51)49-33-31-43(36-52(49)57)59(42-28-26-39(27-29-42)38-16-6-3-7-17-38)44-30-32-46-45-22-12-14-24-50(45)58(53(46)37-44,40-18-8-4-9-19-40)41-20-10-5-11-21-41/h3-37H,1-2H3. The normalized spacial score (nSPS) is 14.1. The van der Waals surface area contributed by atoms with Crippen molar-refractivity contribution >= 4 is 48.6 Å². The lowest BCUT2D eigenvalue weighted by Crippen LogP contribution is -2.28. The molecule has 1 aromatic heterocycles. The molecule has 12 rings (SSSR count). The van der Waals surface area contributed by atoms with E-state index in [2.05, 4.69) is 231 Å². The number of thiophene rings is 1. The number of anilines is 3. The van der Waals surface area contributed by atoms with Gasteiger partial charge in [-0.2, -0.15) is 0 Å². The number of nitrogens with zero attached hydrogens (tertiary/aromatic N) is 1. The van der Waals surface area contributed by atoms with E-state index < -0.39 is 5.41 Å². The highest BCUT2D eigenvalue weighted by molar-refractivity contribution is 7.26. The first-order valence-electron chi connectivity index (χ1n) is 20.9. The molecule has 9 aromatic carbocycles. The molecular weight excluding hydrogens is 743 g/mol. The summed E-state index contributed by atoms with van der Waals surface area (Å²) >= 11 is 1.93. The Labute approximate surface area is 355 Å². The minimum Gasteiger partial charge on any atom is -0.310 e. The Morgan fingerprint density at radius 3 is 1.65 bits per heavy atom. The molecule has 1 heterocycles. The van der Waals surface area contributed by atoms with Crippen LogP contribution < -0.4 is 4.90 Å². The Morgan fingerprint density at radius 2 is 0.933 bits per heavy atom. The molecule has 2 aliphatic carbocycles. The fourth-order valence-corrected chi connectivity index (χ4v) is 11.8. The number of hydrogen-bond acceptors (Lipinski definition) is 2. The second kappa shape index (κ2) is 13.3. The molecule has 2 heteroatoms. The molecule has 0 unspecified atom stereocenters. The van der Waals surface area contributed by atoms with Gasteiger partial charge in [-0.25, -0.2) is 0 Å². The number of fused-ring (bicyclic) bond motifs is 10. The van der Waals surface area contributed by atoms with Crippen molar-refractivity contribution in [2.45, 2.75) is 24.7 Å². The van der Waals surface area contributed by atoms with Crippen LogP contribution in [0.3, 0.4) is 0 Å². The topological polar surface area (TPSA) is 3.24 Å². The maximum Gasteiger partial charge on any atom is 0.0714 e. The van der Waals surface area contributed by atoms with E-state index in [-0.39, 0.29) is 5.41 Å². The molecular formula is C58H41NS. The molecule has 0 amide bonds. The van der Waals surface area contributed by atoms with E-state index in [1.54, 1.807) is 0 Å². The van der Waals surface area contributed by atoms with E-state index in [0.717, 1.165) is 17.1 Å². The van der Waals surface area contributed by atoms with Gasteiger partial charge >= 0.3 is 0 Å². The van der Waals surface area contributed by atoms with Gasteiger partial charge in [0.1, 0.15) is 0 Å². The molecule has 284 valence electrons. The van der Waals surface area contributed by atoms with Crippen molar-refractivity contribution in [3.63, 3.8) is 0 Å². The molecule has 60 heavy (non-hydrogen) atoms. The van der Waals surface area contributed by atoms with Crippen molar-refractivity contribution < 1.29 is 0 Å². The van der Waals surface area contributed by atoms with E-state index in [9.17, 15) is 0 Å². The summed E-state index contributed by atoms with van der Waals surface area (Å²) in [5.74, 6) is 0. The summed E-state index contributed by atoms with van der Waals surface area (Å²) in [6.45, 7) is 4.81. The van der Waals surface area contributed by atoms with Crippen LogP contribution in [-0.4, -0.2) is 0 Å². The van der Waals surface area contributed by atoms with Crippen LogP contribution in [0.2, 0.25) is 0 Å². The Hall–Kier alpha value is -7.00. The van der Waals surface area contributed by atoms with Crippen LogP contribution in [-0.2, 0) is 10.8 Å². The van der Waals surface area contributed by atoms with Crippen molar-refractivity contribution in [1.29, 1.82) is 0 Å². The quantitative estimate of drug-likeness (QED) is 0.162. The van der Waals surface area contributed by atoms with Gasteiger partial charge in [-0.15, -0.1) is 11.3 Å². The van der Waals surface area contributed by atoms with Crippen molar-refractivity contribution in [3.8, 4) is 33.4 Å². The van der Waals surface area contributed by atoms with Gasteiger partial charge in [-0.05, 0) is 104 Å². The molecule has 0 N–H and O–H groups in total. The van der Waals surface area contributed by atoms with Crippen LogP contribution in [0.25, 0.3) is 53.6 Å². The average Bonchev–Trinajstić information content (AvgIpc) is 3.91. The third-order valence-corrected chi connectivity index (χ3v) is 14.6. The molecule has 10 aromatic rings. The highest BCUT2D eigenvalue weighted by Gasteiger charge is 2.46. The Kier molecular flexibility index (Phi) is 7.73. The lowest BCUT2D eigenvalue weighted by molar-refractivity contribution is 0.661. The smallest absolute Gasteiger partial charge is 0.0714 e. The van der Waals surface area contributed by atoms with E-state index in [1.165, 1.54) is 86.9 Å². The molecule has 0 saturated carbocycles. The maximum atomic E-state index is 2.48. The monoisotopic (exact) mass is 783 g/mol. The van der Waals surface area contributed by atoms with Crippen LogP contribution >= 0.6 is 11.3 Å². The van der Waals surface area contributed by atoms with Gasteiger partial charge in [-0.3, -0.25) is 0 Å². The molecule has 0 aliphatic heterocycles. The third-order valence-electron chi connectivity index (χ3n) is 13.4. The van der Waals surface area contributed by atoms with Crippen LogP contribution in [0.1, 0.15) is 47.2 Å². The summed E-state index contributed by atoms with van der Waals surface area (Å²) < 4.78 is 2.73. The summed E-state index contributed by atoms with van der Waals surface area (Å²) in [5, 5.41) is 2.69. The van der Waals surface area contributed by atoms with Crippen LogP contribution in [0.5, 0.6) is 0 Å². The fourth-order valence-electron chi connectivity index (χ4n) is 10.6. The number of rotatable bonds is 6. The third kappa shape index (κ3) is 4.98. The summed E-state index contributed by atoms with van der Waals surface area (Å²) in [6.07, 6.45) is 0. The van der Waals surface area contributed by atoms with Crippen molar-refractivity contribution in [2.75, 3.05) is 4.90 Å². The van der Waals surface area contributed by atoms with Gasteiger partial charge < -0.3 is 4.90 Å². The predicted molar refractivity (Wildman–Crippen MR) is 254 cm³/mol. The zero-order valence-corrected chi connectivity index (χ0v) is 34.4. The molecule has 0 saturated heterocycles. The summed E-state index contributed by atoms with van der Waals surface area (Å²) in [7, 11) is 0. The number of benzene rings is 9. The van der Waals surface area contributed by atoms with E-state index in [1.807, 2.05) is 11.3 Å². The fraction of sp³-hybridized carbons (Fsp3) is 0.0690. The molecule has 0 radical (unpaired) electrons. The molecule has 0 fully saturated rings. The van der Waals surface area contributed by atoms with E-state index in [4.69, 9.17) is 0 Å². The van der Waals surface area contributed by atoms with Crippen molar-refractivity contribution in [1.82, 2.24) is 0 Å². The largest absolute Gasteiger partial charge is 0.310 e. The van der Waals surface area contributed by atoms with Crippen LogP contribution in [0.4, 0.5) is 17.1 Å². The van der Waals surface area contributed by atoms with Crippen LogP contribution in [0.15, 0.2) is 212 Å². The molecule has 0 atom stereocenters. The Morgan fingerprint density at radius 1 is 0.383 bits per heavy atom. The van der Waals surface area contributed by atoms with Gasteiger partial charge in [0.2, 0.25) is 0 Å². The first-order chi connectivity index (χ1) is 29.5. The molecule has 0 spiro atoms. The zero-order chi connectivity index (χ0) is 40.0. The minimum absolute atomic E-state index is 0.177. The van der Waals surface area contributed by atoms with Gasteiger partial charge in [0, 0.05) is 48.2 Å². The van der Waals surface area contributed by atoms with Crippen molar-refractivity contribution in [2.24, 2.45) is 0 Å². The summed E-state index contributed by atoms with van der Waals surface area (Å²) in [4.78, 5) is 2.48.